The van der Waals surface area contributed by atoms with E-state index in [0.717, 1.165) is 12.0 Å². The third kappa shape index (κ3) is 2.53. The molecule has 1 heterocycles. The van der Waals surface area contributed by atoms with E-state index in [1.165, 1.54) is 12.1 Å². The van der Waals surface area contributed by atoms with Crippen LogP contribution in [0.1, 0.15) is 29.3 Å². The fourth-order valence-corrected chi connectivity index (χ4v) is 2.34. The Morgan fingerprint density at radius 3 is 2.89 bits per heavy atom. The molecule has 1 fully saturated rings. The van der Waals surface area contributed by atoms with E-state index < -0.39 is 0 Å². The number of benzene rings is 1. The number of hydrogen-bond donors (Lipinski definition) is 1. The minimum absolute atomic E-state index is 0.0919. The molecule has 0 aliphatic carbocycles. The summed E-state index contributed by atoms with van der Waals surface area (Å²) in [7, 11) is 0. The number of nitrogens with two attached hydrogens (primary N) is 1. The summed E-state index contributed by atoms with van der Waals surface area (Å²) in [6, 6.07) is 4.49. The van der Waals surface area contributed by atoms with Gasteiger partial charge in [-0.05, 0) is 37.0 Å². The Balaban J connectivity index is 2.19. The molecule has 2 N–H and O–H groups in total. The lowest BCUT2D eigenvalue weighted by molar-refractivity contribution is 0.0663. The summed E-state index contributed by atoms with van der Waals surface area (Å²) in [6.45, 7) is 5.17. The SMILES string of the molecule is Cc1ccc(F)cc1C(=O)N1CCC(N)C(C)C1. The van der Waals surface area contributed by atoms with Crippen LogP contribution in [0.3, 0.4) is 0 Å². The number of piperidine rings is 1. The van der Waals surface area contributed by atoms with Gasteiger partial charge in [-0.3, -0.25) is 4.79 Å². The van der Waals surface area contributed by atoms with Gasteiger partial charge in [0.25, 0.3) is 5.91 Å². The maximum atomic E-state index is 13.2. The van der Waals surface area contributed by atoms with Crippen molar-refractivity contribution in [2.75, 3.05) is 13.1 Å². The number of rotatable bonds is 1. The topological polar surface area (TPSA) is 46.3 Å². The second-order valence-corrected chi connectivity index (χ2v) is 5.14. The minimum Gasteiger partial charge on any atom is -0.338 e. The minimum atomic E-state index is -0.370. The lowest BCUT2D eigenvalue weighted by atomic mass is 9.94. The fourth-order valence-electron chi connectivity index (χ4n) is 2.34. The van der Waals surface area contributed by atoms with Crippen molar-refractivity contribution in [1.82, 2.24) is 4.90 Å². The molecule has 1 aliphatic rings. The monoisotopic (exact) mass is 250 g/mol. The fraction of sp³-hybridized carbons (Fsp3) is 0.500. The lowest BCUT2D eigenvalue weighted by Crippen LogP contribution is -2.48. The summed E-state index contributed by atoms with van der Waals surface area (Å²) >= 11 is 0. The largest absolute Gasteiger partial charge is 0.338 e. The normalized spacial score (nSPS) is 24.1. The zero-order valence-electron chi connectivity index (χ0n) is 10.8. The highest BCUT2D eigenvalue weighted by atomic mass is 19.1. The second kappa shape index (κ2) is 5.06. The van der Waals surface area contributed by atoms with E-state index in [4.69, 9.17) is 5.73 Å². The van der Waals surface area contributed by atoms with Crippen molar-refractivity contribution in [3.63, 3.8) is 0 Å². The molecule has 18 heavy (non-hydrogen) atoms. The molecule has 0 saturated carbocycles. The van der Waals surface area contributed by atoms with Crippen LogP contribution in [0.2, 0.25) is 0 Å². The molecule has 4 heteroatoms. The maximum absolute atomic E-state index is 13.2. The van der Waals surface area contributed by atoms with Gasteiger partial charge in [-0.1, -0.05) is 13.0 Å². The van der Waals surface area contributed by atoms with Gasteiger partial charge in [0, 0.05) is 24.7 Å². The molecule has 1 aromatic carbocycles. The van der Waals surface area contributed by atoms with E-state index in [2.05, 4.69) is 0 Å². The van der Waals surface area contributed by atoms with Crippen molar-refractivity contribution in [3.8, 4) is 0 Å². The number of carbonyl (C=O) groups excluding carboxylic acids is 1. The first kappa shape index (κ1) is 13.0. The Labute approximate surface area is 107 Å². The zero-order chi connectivity index (χ0) is 13.3. The highest BCUT2D eigenvalue weighted by Crippen LogP contribution is 2.19. The summed E-state index contributed by atoms with van der Waals surface area (Å²) in [5, 5.41) is 0. The molecule has 2 rings (SSSR count). The first-order valence-electron chi connectivity index (χ1n) is 6.30. The Morgan fingerprint density at radius 2 is 2.22 bits per heavy atom. The number of aryl methyl sites for hydroxylation is 1. The number of hydrogen-bond acceptors (Lipinski definition) is 2. The molecule has 3 nitrogen and oxygen atoms in total. The standard InChI is InChI=1S/C14H19FN2O/c1-9-3-4-11(15)7-12(9)14(18)17-6-5-13(16)10(2)8-17/h3-4,7,10,13H,5-6,8,16H2,1-2H3. The van der Waals surface area contributed by atoms with E-state index in [0.29, 0.717) is 18.7 Å². The number of likely N-dealkylation sites (tertiary alicyclic amines) is 1. The number of amides is 1. The Hall–Kier alpha value is -1.42. The average Bonchev–Trinajstić information content (AvgIpc) is 2.35. The lowest BCUT2D eigenvalue weighted by Gasteiger charge is -2.35. The van der Waals surface area contributed by atoms with Gasteiger partial charge in [0.15, 0.2) is 0 Å². The van der Waals surface area contributed by atoms with Crippen molar-refractivity contribution in [3.05, 3.63) is 35.1 Å². The molecule has 1 amide bonds. The molecule has 2 atom stereocenters. The third-order valence-electron chi connectivity index (χ3n) is 3.69. The molecular weight excluding hydrogens is 231 g/mol. The molecule has 2 unspecified atom stereocenters. The van der Waals surface area contributed by atoms with Gasteiger partial charge in [0.1, 0.15) is 5.82 Å². The number of nitrogens with zero attached hydrogens (tertiary/aromatic N) is 1. The molecule has 1 aliphatic heterocycles. The van der Waals surface area contributed by atoms with Crippen LogP contribution in [-0.2, 0) is 0 Å². The molecule has 0 spiro atoms. The van der Waals surface area contributed by atoms with Crippen molar-refractivity contribution in [2.45, 2.75) is 26.3 Å². The van der Waals surface area contributed by atoms with Crippen LogP contribution >= 0.6 is 0 Å². The summed E-state index contributed by atoms with van der Waals surface area (Å²) in [5.74, 6) is -0.173. The van der Waals surface area contributed by atoms with E-state index in [1.807, 2.05) is 13.8 Å². The van der Waals surface area contributed by atoms with Crippen molar-refractivity contribution in [2.24, 2.45) is 11.7 Å². The molecule has 1 aromatic rings. The van der Waals surface area contributed by atoms with Crippen LogP contribution in [0.5, 0.6) is 0 Å². The third-order valence-corrected chi connectivity index (χ3v) is 3.69. The van der Waals surface area contributed by atoms with Crippen LogP contribution in [-0.4, -0.2) is 29.9 Å². The molecular formula is C14H19FN2O. The van der Waals surface area contributed by atoms with Crippen LogP contribution in [0.25, 0.3) is 0 Å². The smallest absolute Gasteiger partial charge is 0.254 e. The van der Waals surface area contributed by atoms with E-state index in [-0.39, 0.29) is 23.7 Å². The zero-order valence-corrected chi connectivity index (χ0v) is 10.8. The van der Waals surface area contributed by atoms with E-state index >= 15 is 0 Å². The van der Waals surface area contributed by atoms with Crippen LogP contribution in [0.4, 0.5) is 4.39 Å². The summed E-state index contributed by atoms with van der Waals surface area (Å²) < 4.78 is 13.2. The Morgan fingerprint density at radius 1 is 1.50 bits per heavy atom. The maximum Gasteiger partial charge on any atom is 0.254 e. The Bertz CT molecular complexity index is 461. The quantitative estimate of drug-likeness (QED) is 0.828. The van der Waals surface area contributed by atoms with Gasteiger partial charge in [0.2, 0.25) is 0 Å². The van der Waals surface area contributed by atoms with Crippen LogP contribution in [0.15, 0.2) is 18.2 Å². The highest BCUT2D eigenvalue weighted by molar-refractivity contribution is 5.95. The van der Waals surface area contributed by atoms with E-state index in [1.54, 1.807) is 11.0 Å². The second-order valence-electron chi connectivity index (χ2n) is 5.14. The van der Waals surface area contributed by atoms with Crippen LogP contribution < -0.4 is 5.73 Å². The average molecular weight is 250 g/mol. The van der Waals surface area contributed by atoms with Crippen molar-refractivity contribution >= 4 is 5.91 Å². The molecule has 0 radical (unpaired) electrons. The van der Waals surface area contributed by atoms with Crippen molar-refractivity contribution in [1.29, 1.82) is 0 Å². The van der Waals surface area contributed by atoms with Gasteiger partial charge < -0.3 is 10.6 Å². The predicted octanol–water partition coefficient (Wildman–Crippen LogP) is 1.94. The van der Waals surface area contributed by atoms with Gasteiger partial charge in [-0.15, -0.1) is 0 Å². The van der Waals surface area contributed by atoms with Crippen LogP contribution in [0, 0.1) is 18.7 Å². The Kier molecular flexibility index (Phi) is 3.66. The molecule has 0 bridgehead atoms. The first-order chi connectivity index (χ1) is 8.49. The first-order valence-corrected chi connectivity index (χ1v) is 6.30. The van der Waals surface area contributed by atoms with Gasteiger partial charge in [-0.2, -0.15) is 0 Å². The van der Waals surface area contributed by atoms with Gasteiger partial charge in [-0.25, -0.2) is 4.39 Å². The molecule has 98 valence electrons. The molecule has 1 saturated heterocycles. The van der Waals surface area contributed by atoms with Gasteiger partial charge in [0.05, 0.1) is 0 Å². The summed E-state index contributed by atoms with van der Waals surface area (Å²) in [5.41, 5.74) is 7.20. The predicted molar refractivity (Wildman–Crippen MR) is 68.8 cm³/mol. The summed E-state index contributed by atoms with van der Waals surface area (Å²) in [4.78, 5) is 14.1. The highest BCUT2D eigenvalue weighted by Gasteiger charge is 2.27. The molecule has 0 aromatic heterocycles. The van der Waals surface area contributed by atoms with Gasteiger partial charge >= 0.3 is 0 Å². The van der Waals surface area contributed by atoms with E-state index in [9.17, 15) is 9.18 Å². The number of halogens is 1. The van der Waals surface area contributed by atoms with Crippen molar-refractivity contribution < 1.29 is 9.18 Å². The summed E-state index contributed by atoms with van der Waals surface area (Å²) in [6.07, 6.45) is 0.807. The number of carbonyl (C=O) groups is 1.